The SMILES string of the molecule is Nc1ccc(Cl)c(NS(=O)(=O)CCc2ccccn2)c1. The number of nitrogen functional groups attached to an aromatic ring is 1. The molecule has 0 bridgehead atoms. The molecule has 0 atom stereocenters. The van der Waals surface area contributed by atoms with E-state index in [0.717, 1.165) is 5.69 Å². The van der Waals surface area contributed by atoms with Crippen molar-refractivity contribution < 1.29 is 8.42 Å². The highest BCUT2D eigenvalue weighted by molar-refractivity contribution is 7.92. The summed E-state index contributed by atoms with van der Waals surface area (Å²) in [6.45, 7) is 0. The number of hydrogen-bond acceptors (Lipinski definition) is 4. The van der Waals surface area contributed by atoms with Gasteiger partial charge in [-0.15, -0.1) is 0 Å². The number of pyridine rings is 1. The molecule has 5 nitrogen and oxygen atoms in total. The number of anilines is 2. The molecule has 7 heteroatoms. The van der Waals surface area contributed by atoms with E-state index in [1.54, 1.807) is 30.5 Å². The predicted octanol–water partition coefficient (Wildman–Crippen LogP) is 2.30. The minimum Gasteiger partial charge on any atom is -0.399 e. The van der Waals surface area contributed by atoms with Crippen molar-refractivity contribution >= 4 is 33.0 Å². The minimum atomic E-state index is -3.50. The van der Waals surface area contributed by atoms with Gasteiger partial charge >= 0.3 is 0 Å². The number of sulfonamides is 1. The first-order chi connectivity index (χ1) is 9.46. The summed E-state index contributed by atoms with van der Waals surface area (Å²) in [4.78, 5) is 4.08. The minimum absolute atomic E-state index is 0.0743. The Hall–Kier alpha value is -1.79. The summed E-state index contributed by atoms with van der Waals surface area (Å²) in [7, 11) is -3.50. The van der Waals surface area contributed by atoms with E-state index in [1.165, 1.54) is 6.07 Å². The van der Waals surface area contributed by atoms with Crippen molar-refractivity contribution in [2.24, 2.45) is 0 Å². The summed E-state index contributed by atoms with van der Waals surface area (Å²) in [6, 6.07) is 10.0. The van der Waals surface area contributed by atoms with E-state index in [1.807, 2.05) is 6.07 Å². The Morgan fingerprint density at radius 3 is 2.75 bits per heavy atom. The van der Waals surface area contributed by atoms with Gasteiger partial charge in [-0.25, -0.2) is 8.42 Å². The highest BCUT2D eigenvalue weighted by atomic mass is 35.5. The summed E-state index contributed by atoms with van der Waals surface area (Å²) in [5.41, 5.74) is 7.05. The quantitative estimate of drug-likeness (QED) is 0.830. The maximum absolute atomic E-state index is 12.0. The third-order valence-corrected chi connectivity index (χ3v) is 4.21. The fourth-order valence-electron chi connectivity index (χ4n) is 1.62. The van der Waals surface area contributed by atoms with Crippen molar-refractivity contribution in [2.75, 3.05) is 16.2 Å². The summed E-state index contributed by atoms with van der Waals surface area (Å²) in [6.07, 6.45) is 1.96. The van der Waals surface area contributed by atoms with Crippen LogP contribution in [-0.4, -0.2) is 19.2 Å². The fourth-order valence-corrected chi connectivity index (χ4v) is 2.93. The van der Waals surface area contributed by atoms with Crippen LogP contribution < -0.4 is 10.5 Å². The number of nitrogens with zero attached hydrogens (tertiary/aromatic N) is 1. The van der Waals surface area contributed by atoms with Crippen LogP contribution in [0.1, 0.15) is 5.69 Å². The second kappa shape index (κ2) is 6.11. The average molecular weight is 312 g/mol. The van der Waals surface area contributed by atoms with Gasteiger partial charge in [0, 0.05) is 24.0 Å². The number of rotatable bonds is 5. The number of nitrogens with two attached hydrogens (primary N) is 1. The van der Waals surface area contributed by atoms with Crippen LogP contribution in [-0.2, 0) is 16.4 Å². The standard InChI is InChI=1S/C13H14ClN3O2S/c14-12-5-4-10(15)9-13(12)17-20(18,19)8-6-11-3-1-2-7-16-11/h1-5,7,9,17H,6,8,15H2. The predicted molar refractivity (Wildman–Crippen MR) is 81.2 cm³/mol. The fraction of sp³-hybridized carbons (Fsp3) is 0.154. The Morgan fingerprint density at radius 2 is 2.05 bits per heavy atom. The van der Waals surface area contributed by atoms with Gasteiger partial charge in [-0.05, 0) is 30.3 Å². The van der Waals surface area contributed by atoms with Gasteiger partial charge in [0.15, 0.2) is 0 Å². The van der Waals surface area contributed by atoms with Crippen molar-refractivity contribution in [3.63, 3.8) is 0 Å². The Kier molecular flexibility index (Phi) is 4.46. The van der Waals surface area contributed by atoms with Gasteiger partial charge in [0.05, 0.1) is 16.5 Å². The van der Waals surface area contributed by atoms with Gasteiger partial charge in [0.1, 0.15) is 0 Å². The molecule has 1 aromatic heterocycles. The van der Waals surface area contributed by atoms with Gasteiger partial charge in [-0.1, -0.05) is 17.7 Å². The molecule has 1 aromatic carbocycles. The zero-order chi connectivity index (χ0) is 14.6. The van der Waals surface area contributed by atoms with Gasteiger partial charge in [0.25, 0.3) is 0 Å². The first-order valence-corrected chi connectivity index (χ1v) is 7.95. The van der Waals surface area contributed by atoms with Gasteiger partial charge in [-0.2, -0.15) is 0 Å². The second-order valence-corrected chi connectivity index (χ2v) is 6.48. The molecular weight excluding hydrogens is 298 g/mol. The van der Waals surface area contributed by atoms with E-state index >= 15 is 0 Å². The number of hydrogen-bond donors (Lipinski definition) is 2. The number of halogens is 1. The molecule has 3 N–H and O–H groups in total. The summed E-state index contributed by atoms with van der Waals surface area (Å²) in [5.74, 6) is -0.0743. The molecule has 106 valence electrons. The third-order valence-electron chi connectivity index (χ3n) is 2.61. The maximum Gasteiger partial charge on any atom is 0.233 e. The molecule has 0 radical (unpaired) electrons. The van der Waals surface area contributed by atoms with Crippen LogP contribution in [0.15, 0.2) is 42.6 Å². The van der Waals surface area contributed by atoms with E-state index in [-0.39, 0.29) is 11.4 Å². The number of aromatic nitrogens is 1. The average Bonchev–Trinajstić information content (AvgIpc) is 2.42. The second-order valence-electron chi connectivity index (χ2n) is 4.23. The van der Waals surface area contributed by atoms with Crippen LogP contribution in [0.25, 0.3) is 0 Å². The van der Waals surface area contributed by atoms with E-state index in [4.69, 9.17) is 17.3 Å². The topological polar surface area (TPSA) is 85.1 Å². The van der Waals surface area contributed by atoms with Crippen molar-refractivity contribution in [2.45, 2.75) is 6.42 Å². The molecule has 0 aliphatic rings. The van der Waals surface area contributed by atoms with Crippen molar-refractivity contribution in [3.8, 4) is 0 Å². The Bertz CT molecular complexity index is 690. The smallest absolute Gasteiger partial charge is 0.233 e. The molecule has 0 unspecified atom stereocenters. The van der Waals surface area contributed by atoms with Crippen molar-refractivity contribution in [1.29, 1.82) is 0 Å². The molecule has 0 fully saturated rings. The molecular formula is C13H14ClN3O2S. The third kappa shape index (κ3) is 4.11. The van der Waals surface area contributed by atoms with Gasteiger partial charge in [0.2, 0.25) is 10.0 Å². The highest BCUT2D eigenvalue weighted by Crippen LogP contribution is 2.25. The maximum atomic E-state index is 12.0. The molecule has 0 saturated heterocycles. The molecule has 20 heavy (non-hydrogen) atoms. The van der Waals surface area contributed by atoms with E-state index in [9.17, 15) is 8.42 Å². The number of aryl methyl sites for hydroxylation is 1. The molecule has 2 rings (SSSR count). The van der Waals surface area contributed by atoms with Crippen molar-refractivity contribution in [3.05, 3.63) is 53.3 Å². The number of nitrogens with one attached hydrogen (secondary N) is 1. The molecule has 1 heterocycles. The first-order valence-electron chi connectivity index (χ1n) is 5.92. The molecule has 0 aliphatic carbocycles. The molecule has 0 spiro atoms. The highest BCUT2D eigenvalue weighted by Gasteiger charge is 2.13. The lowest BCUT2D eigenvalue weighted by Crippen LogP contribution is -2.18. The lowest BCUT2D eigenvalue weighted by Gasteiger charge is -2.10. The van der Waals surface area contributed by atoms with Crippen LogP contribution in [0, 0.1) is 0 Å². The summed E-state index contributed by atoms with van der Waals surface area (Å²) < 4.78 is 26.4. The zero-order valence-electron chi connectivity index (χ0n) is 10.6. The monoisotopic (exact) mass is 311 g/mol. The van der Waals surface area contributed by atoms with Gasteiger partial charge in [-0.3, -0.25) is 9.71 Å². The molecule has 0 aliphatic heterocycles. The normalized spacial score (nSPS) is 11.2. The zero-order valence-corrected chi connectivity index (χ0v) is 12.2. The summed E-state index contributed by atoms with van der Waals surface area (Å²) in [5, 5.41) is 0.306. The largest absolute Gasteiger partial charge is 0.399 e. The Morgan fingerprint density at radius 1 is 1.25 bits per heavy atom. The van der Waals surface area contributed by atoms with Gasteiger partial charge < -0.3 is 5.73 Å². The summed E-state index contributed by atoms with van der Waals surface area (Å²) >= 11 is 5.92. The lowest BCUT2D eigenvalue weighted by atomic mass is 10.3. The molecule has 0 amide bonds. The van der Waals surface area contributed by atoms with Crippen LogP contribution in [0.4, 0.5) is 11.4 Å². The molecule has 2 aromatic rings. The first kappa shape index (κ1) is 14.6. The van der Waals surface area contributed by atoms with Crippen LogP contribution in [0.5, 0.6) is 0 Å². The van der Waals surface area contributed by atoms with Crippen LogP contribution >= 0.6 is 11.6 Å². The van der Waals surface area contributed by atoms with E-state index in [2.05, 4.69) is 9.71 Å². The lowest BCUT2D eigenvalue weighted by molar-refractivity contribution is 0.600. The van der Waals surface area contributed by atoms with Crippen molar-refractivity contribution in [1.82, 2.24) is 4.98 Å². The van der Waals surface area contributed by atoms with E-state index < -0.39 is 10.0 Å². The Balaban J connectivity index is 2.06. The Labute approximate surface area is 122 Å². The van der Waals surface area contributed by atoms with Crippen LogP contribution in [0.2, 0.25) is 5.02 Å². The van der Waals surface area contributed by atoms with Crippen LogP contribution in [0.3, 0.4) is 0 Å². The molecule has 0 saturated carbocycles. The number of benzene rings is 1. The van der Waals surface area contributed by atoms with E-state index in [0.29, 0.717) is 17.1 Å².